The second-order valence-corrected chi connectivity index (χ2v) is 29.4. The molecule has 0 saturated carbocycles. The maximum Gasteiger partial charge on any atom is 0.472 e. The highest BCUT2D eigenvalue weighted by Gasteiger charge is 2.30. The molecule has 0 amide bonds. The molecule has 0 fully saturated rings. The van der Waals surface area contributed by atoms with Crippen molar-refractivity contribution in [2.75, 3.05) is 39.6 Å². The molecule has 0 aromatic heterocycles. The minimum absolute atomic E-state index is 0.105. The molecule has 540 valence electrons. The van der Waals surface area contributed by atoms with E-state index >= 15 is 0 Å². The zero-order valence-corrected chi connectivity index (χ0v) is 60.8. The number of ether oxygens (including phenoxy) is 4. The Labute approximate surface area is 556 Å². The van der Waals surface area contributed by atoms with Gasteiger partial charge in [-0.1, -0.05) is 324 Å². The lowest BCUT2D eigenvalue weighted by atomic mass is 10.0. The molecule has 5 atom stereocenters. The highest BCUT2D eigenvalue weighted by atomic mass is 31.2. The number of hydrogen-bond acceptors (Lipinski definition) is 15. The van der Waals surface area contributed by atoms with Crippen LogP contribution in [0.5, 0.6) is 0 Å². The van der Waals surface area contributed by atoms with Crippen molar-refractivity contribution in [3.8, 4) is 0 Å². The Kier molecular flexibility index (Phi) is 64.0. The zero-order chi connectivity index (χ0) is 67.0. The summed E-state index contributed by atoms with van der Waals surface area (Å²) >= 11 is 0. The molecule has 0 aromatic carbocycles. The van der Waals surface area contributed by atoms with E-state index in [4.69, 9.17) is 37.0 Å². The predicted molar refractivity (Wildman–Crippen MR) is 368 cm³/mol. The van der Waals surface area contributed by atoms with Crippen molar-refractivity contribution in [2.24, 2.45) is 5.92 Å². The molecule has 19 heteroatoms. The third-order valence-corrected chi connectivity index (χ3v) is 18.7. The molecule has 0 rings (SSSR count). The van der Waals surface area contributed by atoms with Gasteiger partial charge in [-0.25, -0.2) is 9.13 Å². The Balaban J connectivity index is 5.17. The number of esters is 4. The quantitative estimate of drug-likeness (QED) is 0.0222. The molecule has 3 N–H and O–H groups in total. The van der Waals surface area contributed by atoms with E-state index < -0.39 is 97.5 Å². The minimum Gasteiger partial charge on any atom is -0.462 e. The van der Waals surface area contributed by atoms with Crippen molar-refractivity contribution in [3.63, 3.8) is 0 Å². The first-order valence-electron chi connectivity index (χ1n) is 37.6. The van der Waals surface area contributed by atoms with E-state index in [0.29, 0.717) is 25.7 Å². The van der Waals surface area contributed by atoms with Crippen molar-refractivity contribution in [2.45, 2.75) is 393 Å². The Hall–Kier alpha value is -1.94. The predicted octanol–water partition coefficient (Wildman–Crippen LogP) is 20.9. The highest BCUT2D eigenvalue weighted by molar-refractivity contribution is 7.47. The van der Waals surface area contributed by atoms with Crippen LogP contribution in [0, 0.1) is 5.92 Å². The smallest absolute Gasteiger partial charge is 0.462 e. The van der Waals surface area contributed by atoms with Crippen molar-refractivity contribution in [1.29, 1.82) is 0 Å². The molecule has 0 spiro atoms. The van der Waals surface area contributed by atoms with Crippen LogP contribution in [0.4, 0.5) is 0 Å². The van der Waals surface area contributed by atoms with Crippen LogP contribution in [0.15, 0.2) is 0 Å². The fraction of sp³-hybridized carbons (Fsp3) is 0.944. The Morgan fingerprint density at radius 3 is 0.747 bits per heavy atom. The standard InChI is InChI=1S/C72H140O17P2/c1-6-9-12-15-18-21-22-23-24-25-26-27-32-35-38-43-48-53-58-72(77)89-68(62-83-70(75)56-51-46-42-37-34-31-29-28-30-33-36-39-44-49-54-65(4)5)64-87-91(80,81)85-60-66(73)59-84-90(78,79)86-63-67(88-71(76)57-52-47-41-20-17-14-11-8-3)61-82-69(74)55-50-45-40-19-16-13-10-7-2/h65-68,73H,6-64H2,1-5H3,(H,78,79)(H,80,81)/t66-,67+,68+/m0/s1. The Morgan fingerprint density at radius 1 is 0.297 bits per heavy atom. The number of phosphoric acid groups is 2. The summed E-state index contributed by atoms with van der Waals surface area (Å²) in [6, 6.07) is 0. The molecule has 0 radical (unpaired) electrons. The van der Waals surface area contributed by atoms with E-state index in [1.807, 2.05) is 0 Å². The zero-order valence-electron chi connectivity index (χ0n) is 59.0. The van der Waals surface area contributed by atoms with Gasteiger partial charge in [-0.3, -0.25) is 37.3 Å². The van der Waals surface area contributed by atoms with Gasteiger partial charge in [0.15, 0.2) is 12.2 Å². The molecule has 2 unspecified atom stereocenters. The number of unbranched alkanes of at least 4 members (excludes halogenated alkanes) is 44. The summed E-state index contributed by atoms with van der Waals surface area (Å²) < 4.78 is 68.2. The van der Waals surface area contributed by atoms with Gasteiger partial charge in [-0.05, 0) is 31.6 Å². The van der Waals surface area contributed by atoms with Gasteiger partial charge in [0.05, 0.1) is 26.4 Å². The lowest BCUT2D eigenvalue weighted by Gasteiger charge is -2.21. The van der Waals surface area contributed by atoms with Crippen LogP contribution in [0.2, 0.25) is 0 Å². The lowest BCUT2D eigenvalue weighted by Crippen LogP contribution is -2.30. The van der Waals surface area contributed by atoms with Gasteiger partial charge in [-0.15, -0.1) is 0 Å². The number of hydrogen-bond donors (Lipinski definition) is 3. The first-order valence-corrected chi connectivity index (χ1v) is 40.6. The van der Waals surface area contributed by atoms with Gasteiger partial charge in [-0.2, -0.15) is 0 Å². The summed E-state index contributed by atoms with van der Waals surface area (Å²) in [5.74, 6) is -1.33. The van der Waals surface area contributed by atoms with E-state index in [2.05, 4.69) is 34.6 Å². The van der Waals surface area contributed by atoms with Gasteiger partial charge in [0, 0.05) is 25.7 Å². The Morgan fingerprint density at radius 2 is 0.505 bits per heavy atom. The summed E-state index contributed by atoms with van der Waals surface area (Å²) in [5.41, 5.74) is 0. The van der Waals surface area contributed by atoms with Gasteiger partial charge in [0.1, 0.15) is 19.3 Å². The van der Waals surface area contributed by atoms with Crippen LogP contribution in [-0.2, 0) is 65.4 Å². The summed E-state index contributed by atoms with van der Waals surface area (Å²) in [5, 5.41) is 10.6. The van der Waals surface area contributed by atoms with Crippen LogP contribution in [-0.4, -0.2) is 96.7 Å². The van der Waals surface area contributed by atoms with Crippen molar-refractivity contribution in [3.05, 3.63) is 0 Å². The average molecular weight is 1340 g/mol. The maximum atomic E-state index is 13.0. The molecular weight excluding hydrogens is 1200 g/mol. The van der Waals surface area contributed by atoms with Crippen LogP contribution in [0.1, 0.15) is 375 Å². The fourth-order valence-corrected chi connectivity index (χ4v) is 12.6. The monoisotopic (exact) mass is 1340 g/mol. The first kappa shape index (κ1) is 89.1. The minimum atomic E-state index is -4.95. The summed E-state index contributed by atoms with van der Waals surface area (Å²) in [6.45, 7) is 7.23. The molecule has 0 aliphatic rings. The fourth-order valence-electron chi connectivity index (χ4n) is 11.0. The van der Waals surface area contributed by atoms with Crippen molar-refractivity contribution in [1.82, 2.24) is 0 Å². The third-order valence-electron chi connectivity index (χ3n) is 16.8. The molecule has 0 heterocycles. The number of aliphatic hydroxyl groups is 1. The van der Waals surface area contributed by atoms with Gasteiger partial charge >= 0.3 is 39.5 Å². The summed E-state index contributed by atoms with van der Waals surface area (Å²) in [4.78, 5) is 72.4. The number of rotatable bonds is 72. The SMILES string of the molecule is CCCCCCCCCCCCCCCCCCCCC(=O)O[C@H](COC(=O)CCCCCCCCCCCCCCCCC(C)C)COP(=O)(O)OC[C@@H](O)COP(=O)(O)OC[C@@H](COC(=O)CCCCCCCCCC)OC(=O)CCCCCCCCCC. The van der Waals surface area contributed by atoms with Crippen LogP contribution < -0.4 is 0 Å². The number of carbonyl (C=O) groups is 4. The van der Waals surface area contributed by atoms with Crippen molar-refractivity contribution >= 4 is 39.5 Å². The molecule has 0 aliphatic heterocycles. The third kappa shape index (κ3) is 66.5. The van der Waals surface area contributed by atoms with E-state index in [9.17, 15) is 43.2 Å². The van der Waals surface area contributed by atoms with E-state index in [-0.39, 0.29) is 25.7 Å². The van der Waals surface area contributed by atoms with Gasteiger partial charge in [0.2, 0.25) is 0 Å². The molecule has 0 saturated heterocycles. The van der Waals surface area contributed by atoms with Gasteiger partial charge in [0.25, 0.3) is 0 Å². The van der Waals surface area contributed by atoms with E-state index in [0.717, 1.165) is 109 Å². The van der Waals surface area contributed by atoms with E-state index in [1.165, 1.54) is 186 Å². The maximum absolute atomic E-state index is 13.0. The van der Waals surface area contributed by atoms with Crippen molar-refractivity contribution < 1.29 is 80.2 Å². The Bertz CT molecular complexity index is 1750. The first-order chi connectivity index (χ1) is 44.0. The van der Waals surface area contributed by atoms with Crippen LogP contribution in [0.3, 0.4) is 0 Å². The molecule has 0 aromatic rings. The largest absolute Gasteiger partial charge is 0.472 e. The lowest BCUT2D eigenvalue weighted by molar-refractivity contribution is -0.161. The van der Waals surface area contributed by atoms with E-state index in [1.54, 1.807) is 0 Å². The molecular formula is C72H140O17P2. The summed E-state index contributed by atoms with van der Waals surface area (Å²) in [7, 11) is -9.89. The van der Waals surface area contributed by atoms with Crippen LogP contribution >= 0.6 is 15.6 Å². The number of phosphoric ester groups is 2. The molecule has 91 heavy (non-hydrogen) atoms. The average Bonchev–Trinajstić information content (AvgIpc) is 3.74. The summed E-state index contributed by atoms with van der Waals surface area (Å²) in [6.07, 6.45) is 52.9. The second-order valence-electron chi connectivity index (χ2n) is 26.5. The van der Waals surface area contributed by atoms with Gasteiger partial charge < -0.3 is 33.8 Å². The molecule has 17 nitrogen and oxygen atoms in total. The second kappa shape index (κ2) is 65.4. The normalized spacial score (nSPS) is 14.0. The topological polar surface area (TPSA) is 237 Å². The van der Waals surface area contributed by atoms with Crippen LogP contribution in [0.25, 0.3) is 0 Å². The number of carbonyl (C=O) groups excluding carboxylic acids is 4. The highest BCUT2D eigenvalue weighted by Crippen LogP contribution is 2.45. The molecule has 0 aliphatic carbocycles. The molecule has 0 bridgehead atoms. The number of aliphatic hydroxyl groups excluding tert-OH is 1.